The minimum Gasteiger partial charge on any atom is -0.435 e. The maximum Gasteiger partial charge on any atom is 0.387 e. The maximum absolute atomic E-state index is 12.4. The van der Waals surface area contributed by atoms with Gasteiger partial charge in [-0.15, -0.1) is 0 Å². The highest BCUT2D eigenvalue weighted by Crippen LogP contribution is 2.18. The lowest BCUT2D eigenvalue weighted by Crippen LogP contribution is -2.26. The van der Waals surface area contributed by atoms with Crippen LogP contribution in [0.2, 0.25) is 0 Å². The summed E-state index contributed by atoms with van der Waals surface area (Å²) in [5.74, 6) is 0.0954. The summed E-state index contributed by atoms with van der Waals surface area (Å²) in [7, 11) is 1.72. The number of alkyl halides is 2. The van der Waals surface area contributed by atoms with E-state index in [2.05, 4.69) is 14.7 Å². The summed E-state index contributed by atoms with van der Waals surface area (Å²) in [6.07, 6.45) is 2.86. The van der Waals surface area contributed by atoms with Crippen LogP contribution in [0.5, 0.6) is 5.75 Å². The Morgan fingerprint density at radius 2 is 1.78 bits per heavy atom. The monoisotopic (exact) mass is 395 g/mol. The van der Waals surface area contributed by atoms with Gasteiger partial charge >= 0.3 is 6.61 Å². The van der Waals surface area contributed by atoms with Crippen molar-refractivity contribution in [3.05, 3.63) is 46.8 Å². The van der Waals surface area contributed by atoms with Crippen molar-refractivity contribution in [1.82, 2.24) is 14.9 Å². The second-order valence-electron chi connectivity index (χ2n) is 6.13. The smallest absolute Gasteiger partial charge is 0.387 e. The molecular formula is C19H23F2N3O2S. The largest absolute Gasteiger partial charge is 0.435 e. The number of amides is 1. The Hall–Kier alpha value is -2.22. The number of nitrogens with zero attached hydrogens (tertiary/aromatic N) is 3. The molecule has 5 nitrogen and oxygen atoms in total. The van der Waals surface area contributed by atoms with Gasteiger partial charge in [0.25, 0.3) is 0 Å². The number of ether oxygens (including phenoxy) is 1. The van der Waals surface area contributed by atoms with Gasteiger partial charge in [-0.25, -0.2) is 9.97 Å². The average Bonchev–Trinajstić information content (AvgIpc) is 2.61. The molecule has 1 aromatic heterocycles. The lowest BCUT2D eigenvalue weighted by atomic mass is 10.1. The zero-order valence-corrected chi connectivity index (χ0v) is 16.6. The third kappa shape index (κ3) is 6.16. The summed E-state index contributed by atoms with van der Waals surface area (Å²) in [4.78, 5) is 22.9. The van der Waals surface area contributed by atoms with Gasteiger partial charge in [-0.2, -0.15) is 8.78 Å². The molecule has 0 unspecified atom stereocenters. The Morgan fingerprint density at radius 1 is 1.19 bits per heavy atom. The van der Waals surface area contributed by atoms with Gasteiger partial charge in [-0.3, -0.25) is 4.79 Å². The van der Waals surface area contributed by atoms with Gasteiger partial charge in [0.1, 0.15) is 5.75 Å². The van der Waals surface area contributed by atoms with Gasteiger partial charge < -0.3 is 9.64 Å². The number of rotatable bonds is 8. The number of aryl methyl sites for hydroxylation is 2. The molecule has 0 N–H and O–H groups in total. The van der Waals surface area contributed by atoms with E-state index in [9.17, 15) is 13.6 Å². The van der Waals surface area contributed by atoms with Crippen LogP contribution in [0.1, 0.15) is 28.9 Å². The molecule has 146 valence electrons. The third-order valence-electron chi connectivity index (χ3n) is 4.17. The van der Waals surface area contributed by atoms with Gasteiger partial charge in [0.05, 0.1) is 0 Å². The van der Waals surface area contributed by atoms with Crippen molar-refractivity contribution in [2.75, 3.05) is 13.3 Å². The Morgan fingerprint density at radius 3 is 2.30 bits per heavy atom. The van der Waals surface area contributed by atoms with Gasteiger partial charge in [0.2, 0.25) is 5.91 Å². The normalized spacial score (nSPS) is 10.9. The van der Waals surface area contributed by atoms with E-state index in [1.165, 1.54) is 23.9 Å². The fourth-order valence-electron chi connectivity index (χ4n) is 2.72. The number of carbonyl (C=O) groups excluding carboxylic acids is 1. The Balaban J connectivity index is 1.92. The first-order chi connectivity index (χ1) is 12.8. The van der Waals surface area contributed by atoms with Crippen LogP contribution < -0.4 is 4.74 Å². The molecule has 27 heavy (non-hydrogen) atoms. The summed E-state index contributed by atoms with van der Waals surface area (Å²) in [6.45, 7) is 1.41. The van der Waals surface area contributed by atoms with Gasteiger partial charge in [-0.1, -0.05) is 23.9 Å². The highest BCUT2D eigenvalue weighted by Gasteiger charge is 2.14. The number of hydrogen-bond acceptors (Lipinski definition) is 5. The van der Waals surface area contributed by atoms with Crippen molar-refractivity contribution in [3.8, 4) is 5.75 Å². The van der Waals surface area contributed by atoms with Crippen molar-refractivity contribution < 1.29 is 18.3 Å². The molecule has 2 aromatic rings. The number of aromatic nitrogens is 2. The van der Waals surface area contributed by atoms with Crippen LogP contribution in [-0.2, 0) is 17.8 Å². The molecule has 0 aliphatic heterocycles. The van der Waals surface area contributed by atoms with Crippen molar-refractivity contribution in [3.63, 3.8) is 0 Å². The quantitative estimate of drug-likeness (QED) is 0.499. The van der Waals surface area contributed by atoms with Crippen molar-refractivity contribution >= 4 is 17.7 Å². The summed E-state index contributed by atoms with van der Waals surface area (Å²) < 4.78 is 28.7. The molecule has 0 bridgehead atoms. The Labute approximate surface area is 162 Å². The van der Waals surface area contributed by atoms with Gasteiger partial charge in [0.15, 0.2) is 5.16 Å². The lowest BCUT2D eigenvalue weighted by molar-refractivity contribution is -0.130. The molecule has 0 atom stereocenters. The topological polar surface area (TPSA) is 55.3 Å². The first kappa shape index (κ1) is 21.1. The minimum absolute atomic E-state index is 0.00403. The number of benzene rings is 1. The third-order valence-corrected chi connectivity index (χ3v) is 4.71. The van der Waals surface area contributed by atoms with Crippen molar-refractivity contribution in [1.29, 1.82) is 0 Å². The van der Waals surface area contributed by atoms with E-state index in [1.54, 1.807) is 24.1 Å². The van der Waals surface area contributed by atoms with Crippen LogP contribution in [0, 0.1) is 13.8 Å². The molecule has 0 aliphatic rings. The molecule has 2 rings (SSSR count). The van der Waals surface area contributed by atoms with E-state index in [-0.39, 0.29) is 11.7 Å². The van der Waals surface area contributed by atoms with E-state index in [1.807, 2.05) is 20.1 Å². The summed E-state index contributed by atoms with van der Waals surface area (Å²) >= 11 is 1.49. The van der Waals surface area contributed by atoms with Crippen LogP contribution in [0.15, 0.2) is 29.4 Å². The Bertz CT molecular complexity index is 762. The minimum atomic E-state index is -2.85. The van der Waals surface area contributed by atoms with Crippen molar-refractivity contribution in [2.45, 2.75) is 45.0 Å². The summed E-state index contributed by atoms with van der Waals surface area (Å²) in [5, 5.41) is 0.733. The fraction of sp³-hybridized carbons (Fsp3) is 0.421. The predicted octanol–water partition coefficient (Wildman–Crippen LogP) is 4.01. The highest BCUT2D eigenvalue weighted by molar-refractivity contribution is 7.98. The predicted molar refractivity (Wildman–Crippen MR) is 101 cm³/mol. The first-order valence-corrected chi connectivity index (χ1v) is 9.68. The van der Waals surface area contributed by atoms with Crippen LogP contribution >= 0.6 is 11.8 Å². The van der Waals surface area contributed by atoms with E-state index >= 15 is 0 Å². The molecule has 1 amide bonds. The molecule has 0 fully saturated rings. The molecule has 0 saturated carbocycles. The number of thioether (sulfide) groups is 1. The number of halogens is 2. The zero-order valence-electron chi connectivity index (χ0n) is 15.8. The van der Waals surface area contributed by atoms with Crippen LogP contribution in [0.4, 0.5) is 8.78 Å². The lowest BCUT2D eigenvalue weighted by Gasteiger charge is -2.18. The highest BCUT2D eigenvalue weighted by atomic mass is 32.2. The molecule has 1 aromatic carbocycles. The fourth-order valence-corrected chi connectivity index (χ4v) is 3.18. The molecule has 1 heterocycles. The van der Waals surface area contributed by atoms with Crippen LogP contribution in [0.3, 0.4) is 0 Å². The van der Waals surface area contributed by atoms with Gasteiger partial charge in [-0.05, 0) is 49.8 Å². The average molecular weight is 395 g/mol. The number of hydrogen-bond donors (Lipinski definition) is 0. The van der Waals surface area contributed by atoms with E-state index in [4.69, 9.17) is 0 Å². The molecule has 0 spiro atoms. The first-order valence-electron chi connectivity index (χ1n) is 8.46. The van der Waals surface area contributed by atoms with E-state index in [0.717, 1.165) is 27.7 Å². The standard InChI is InChI=1S/C19H23F2N3O2S/c1-12-16(13(2)23-19(22-12)27-4)9-10-17(25)24(3)11-14-5-7-15(8-6-14)26-18(20)21/h5-8,18H,9-11H2,1-4H3. The zero-order chi connectivity index (χ0) is 20.0. The molecule has 0 radical (unpaired) electrons. The molecule has 0 saturated heterocycles. The van der Waals surface area contributed by atoms with E-state index < -0.39 is 6.61 Å². The second-order valence-corrected chi connectivity index (χ2v) is 6.91. The number of carbonyl (C=O) groups is 1. The maximum atomic E-state index is 12.4. The molecular weight excluding hydrogens is 372 g/mol. The molecule has 0 aliphatic carbocycles. The summed E-state index contributed by atoms with van der Waals surface area (Å²) in [6, 6.07) is 6.28. The van der Waals surface area contributed by atoms with Crippen LogP contribution in [0.25, 0.3) is 0 Å². The van der Waals surface area contributed by atoms with Crippen molar-refractivity contribution in [2.24, 2.45) is 0 Å². The molecule has 8 heteroatoms. The summed E-state index contributed by atoms with van der Waals surface area (Å²) in [5.41, 5.74) is 3.64. The Kier molecular flexibility index (Phi) is 7.53. The van der Waals surface area contributed by atoms with E-state index in [0.29, 0.717) is 19.4 Å². The second kappa shape index (κ2) is 9.64. The van der Waals surface area contributed by atoms with Gasteiger partial charge in [0, 0.05) is 31.4 Å². The van der Waals surface area contributed by atoms with Crippen LogP contribution in [-0.4, -0.2) is 40.7 Å². The SMILES string of the molecule is CSc1nc(C)c(CCC(=O)N(C)Cc2ccc(OC(F)F)cc2)c(C)n1.